The molecule has 5 rings (SSSR count). The van der Waals surface area contributed by atoms with Crippen molar-refractivity contribution in [2.45, 2.75) is 26.1 Å². The standard InChI is InChI=1S/C23H25ClN4O3/c1-13-11-28(22(13)27-8-9-31-12-14(27)2)23(30)20(18-4-3-7-25-18)19-16-10-15(24)5-6-17(16)26-21(19)29/h3-7,10,13-14,22,25H,8-9,11-12H2,1-2H3,(H,26,29)/b20-19-. The van der Waals surface area contributed by atoms with E-state index in [1.54, 1.807) is 24.4 Å². The summed E-state index contributed by atoms with van der Waals surface area (Å²) >= 11 is 6.22. The minimum Gasteiger partial charge on any atom is -0.379 e. The number of likely N-dealkylation sites (tertiary alicyclic amines) is 1. The molecule has 7 nitrogen and oxygen atoms in total. The molecular formula is C23H25ClN4O3. The zero-order chi connectivity index (χ0) is 21.7. The van der Waals surface area contributed by atoms with Crippen LogP contribution in [0.2, 0.25) is 5.02 Å². The van der Waals surface area contributed by atoms with E-state index in [2.05, 4.69) is 29.0 Å². The van der Waals surface area contributed by atoms with E-state index in [-0.39, 0.29) is 24.0 Å². The number of halogens is 1. The van der Waals surface area contributed by atoms with Gasteiger partial charge >= 0.3 is 0 Å². The van der Waals surface area contributed by atoms with Crippen molar-refractivity contribution in [2.75, 3.05) is 31.6 Å². The number of anilines is 1. The molecule has 2 fully saturated rings. The van der Waals surface area contributed by atoms with Gasteiger partial charge < -0.3 is 19.9 Å². The number of amides is 2. The van der Waals surface area contributed by atoms with Crippen LogP contribution in [0.25, 0.3) is 11.1 Å². The van der Waals surface area contributed by atoms with E-state index < -0.39 is 0 Å². The number of nitrogens with zero attached hydrogens (tertiary/aromatic N) is 2. The Bertz CT molecular complexity index is 1060. The topological polar surface area (TPSA) is 77.7 Å². The molecule has 2 amide bonds. The number of hydrogen-bond acceptors (Lipinski definition) is 4. The first-order valence-corrected chi connectivity index (χ1v) is 11.0. The summed E-state index contributed by atoms with van der Waals surface area (Å²) in [7, 11) is 0. The van der Waals surface area contributed by atoms with Crippen LogP contribution in [0.15, 0.2) is 36.5 Å². The number of morpholine rings is 1. The second-order valence-corrected chi connectivity index (χ2v) is 8.92. The van der Waals surface area contributed by atoms with Gasteiger partial charge in [-0.1, -0.05) is 18.5 Å². The largest absolute Gasteiger partial charge is 0.379 e. The van der Waals surface area contributed by atoms with Crippen molar-refractivity contribution in [1.82, 2.24) is 14.8 Å². The number of hydrogen-bond donors (Lipinski definition) is 2. The van der Waals surface area contributed by atoms with Gasteiger partial charge in [-0.25, -0.2) is 0 Å². The summed E-state index contributed by atoms with van der Waals surface area (Å²) in [6.07, 6.45) is 1.75. The number of benzene rings is 1. The van der Waals surface area contributed by atoms with E-state index in [1.807, 2.05) is 17.0 Å². The number of aromatic nitrogens is 1. The van der Waals surface area contributed by atoms with E-state index in [4.69, 9.17) is 16.3 Å². The first-order valence-electron chi connectivity index (χ1n) is 10.6. The fraction of sp³-hybridized carbons (Fsp3) is 0.391. The summed E-state index contributed by atoms with van der Waals surface area (Å²) in [5, 5.41) is 3.39. The van der Waals surface area contributed by atoms with Crippen molar-refractivity contribution in [3.8, 4) is 0 Å². The van der Waals surface area contributed by atoms with E-state index in [1.165, 1.54) is 0 Å². The lowest BCUT2D eigenvalue weighted by atomic mass is 9.90. The Balaban J connectivity index is 1.59. The average molecular weight is 441 g/mol. The molecule has 3 aliphatic heterocycles. The number of carbonyl (C=O) groups is 2. The van der Waals surface area contributed by atoms with Gasteiger partial charge in [0.05, 0.1) is 36.2 Å². The van der Waals surface area contributed by atoms with Crippen molar-refractivity contribution in [3.05, 3.63) is 52.8 Å². The van der Waals surface area contributed by atoms with Crippen molar-refractivity contribution >= 4 is 40.2 Å². The van der Waals surface area contributed by atoms with Gasteiger partial charge in [-0.3, -0.25) is 14.5 Å². The average Bonchev–Trinajstić information content (AvgIpc) is 3.37. The zero-order valence-corrected chi connectivity index (χ0v) is 18.3. The third kappa shape index (κ3) is 3.37. The molecule has 3 unspecified atom stereocenters. The van der Waals surface area contributed by atoms with Gasteiger partial charge in [-0.2, -0.15) is 0 Å². The maximum absolute atomic E-state index is 13.9. The third-order valence-corrected chi connectivity index (χ3v) is 6.63. The van der Waals surface area contributed by atoms with Gasteiger partial charge in [0, 0.05) is 47.5 Å². The van der Waals surface area contributed by atoms with Crippen LogP contribution in [0, 0.1) is 5.92 Å². The molecular weight excluding hydrogens is 416 g/mol. The minimum atomic E-state index is -0.292. The molecule has 0 aliphatic carbocycles. The SMILES string of the molecule is CC1CN(C(=O)/C(=C2\C(=O)Nc3ccc(Cl)cc32)c2ccc[nH]2)C1N1CCOCC1C. The van der Waals surface area contributed by atoms with Crippen LogP contribution in [0.1, 0.15) is 25.1 Å². The first-order chi connectivity index (χ1) is 15.0. The number of nitrogens with one attached hydrogen (secondary N) is 2. The third-order valence-electron chi connectivity index (χ3n) is 6.39. The quantitative estimate of drug-likeness (QED) is 0.719. The molecule has 8 heteroatoms. The molecule has 0 spiro atoms. The molecule has 2 N–H and O–H groups in total. The van der Waals surface area contributed by atoms with Crippen LogP contribution in [-0.2, 0) is 14.3 Å². The Hall–Kier alpha value is -2.61. The predicted molar refractivity (Wildman–Crippen MR) is 119 cm³/mol. The fourth-order valence-electron chi connectivity index (χ4n) is 4.90. The molecule has 2 aromatic rings. The van der Waals surface area contributed by atoms with Crippen LogP contribution in [0.3, 0.4) is 0 Å². The van der Waals surface area contributed by atoms with E-state index in [0.717, 1.165) is 6.54 Å². The van der Waals surface area contributed by atoms with Gasteiger partial charge in [0.15, 0.2) is 0 Å². The molecule has 0 saturated carbocycles. The van der Waals surface area contributed by atoms with Crippen molar-refractivity contribution < 1.29 is 14.3 Å². The Morgan fingerprint density at radius 1 is 1.26 bits per heavy atom. The highest BCUT2D eigenvalue weighted by Gasteiger charge is 2.47. The number of rotatable bonds is 3. The normalized spacial score (nSPS) is 27.5. The number of fused-ring (bicyclic) bond motifs is 1. The maximum Gasteiger partial charge on any atom is 0.258 e. The molecule has 1 aromatic heterocycles. The second-order valence-electron chi connectivity index (χ2n) is 8.49. The molecule has 0 bridgehead atoms. The fourth-order valence-corrected chi connectivity index (χ4v) is 5.07. The minimum absolute atomic E-state index is 0.0136. The van der Waals surface area contributed by atoms with Crippen molar-refractivity contribution in [3.63, 3.8) is 0 Å². The van der Waals surface area contributed by atoms with E-state index in [0.29, 0.717) is 58.8 Å². The smallest absolute Gasteiger partial charge is 0.258 e. The van der Waals surface area contributed by atoms with Crippen LogP contribution >= 0.6 is 11.6 Å². The van der Waals surface area contributed by atoms with Crippen LogP contribution < -0.4 is 5.32 Å². The summed E-state index contributed by atoms with van der Waals surface area (Å²) in [5.41, 5.74) is 2.67. The first kappa shape index (κ1) is 20.3. The Morgan fingerprint density at radius 2 is 2.10 bits per heavy atom. The Morgan fingerprint density at radius 3 is 2.81 bits per heavy atom. The highest BCUT2D eigenvalue weighted by molar-refractivity contribution is 6.45. The Kier molecular flexibility index (Phi) is 5.12. The molecule has 1 aromatic carbocycles. The maximum atomic E-state index is 13.9. The van der Waals surface area contributed by atoms with Crippen LogP contribution in [-0.4, -0.2) is 65.1 Å². The Labute approximate surface area is 186 Å². The highest BCUT2D eigenvalue weighted by atomic mass is 35.5. The van der Waals surface area contributed by atoms with Gasteiger partial charge in [0.25, 0.3) is 11.8 Å². The van der Waals surface area contributed by atoms with Crippen LogP contribution in [0.5, 0.6) is 0 Å². The summed E-state index contributed by atoms with van der Waals surface area (Å²) < 4.78 is 5.59. The summed E-state index contributed by atoms with van der Waals surface area (Å²) in [6, 6.07) is 9.12. The number of carbonyl (C=O) groups excluding carboxylic acids is 2. The lowest BCUT2D eigenvalue weighted by molar-refractivity contribution is -0.162. The highest BCUT2D eigenvalue weighted by Crippen LogP contribution is 2.41. The number of H-pyrrole nitrogens is 1. The zero-order valence-electron chi connectivity index (χ0n) is 17.5. The predicted octanol–water partition coefficient (Wildman–Crippen LogP) is 3.06. The molecule has 0 radical (unpaired) electrons. The lowest BCUT2D eigenvalue weighted by Gasteiger charge is -2.54. The van der Waals surface area contributed by atoms with Gasteiger partial charge in [0.2, 0.25) is 0 Å². The summed E-state index contributed by atoms with van der Waals surface area (Å²) in [6.45, 7) is 7.04. The molecule has 4 heterocycles. The summed E-state index contributed by atoms with van der Waals surface area (Å²) in [5.74, 6) is -0.0965. The monoisotopic (exact) mass is 440 g/mol. The number of aromatic amines is 1. The van der Waals surface area contributed by atoms with Crippen molar-refractivity contribution in [2.24, 2.45) is 5.92 Å². The number of ether oxygens (including phenoxy) is 1. The second kappa shape index (κ2) is 7.82. The molecule has 162 valence electrons. The van der Waals surface area contributed by atoms with Crippen LogP contribution in [0.4, 0.5) is 5.69 Å². The molecule has 31 heavy (non-hydrogen) atoms. The van der Waals surface area contributed by atoms with Crippen molar-refractivity contribution in [1.29, 1.82) is 0 Å². The van der Waals surface area contributed by atoms with E-state index >= 15 is 0 Å². The summed E-state index contributed by atoms with van der Waals surface area (Å²) in [4.78, 5) is 34.3. The van der Waals surface area contributed by atoms with Gasteiger partial charge in [0.1, 0.15) is 0 Å². The van der Waals surface area contributed by atoms with Gasteiger partial charge in [-0.05, 0) is 37.3 Å². The van der Waals surface area contributed by atoms with E-state index in [9.17, 15) is 9.59 Å². The van der Waals surface area contributed by atoms with Gasteiger partial charge in [-0.15, -0.1) is 0 Å². The molecule has 3 atom stereocenters. The molecule has 2 saturated heterocycles. The lowest BCUT2D eigenvalue weighted by Crippen LogP contribution is -2.68. The molecule has 3 aliphatic rings.